The summed E-state index contributed by atoms with van der Waals surface area (Å²) in [6, 6.07) is 17.7. The third-order valence-corrected chi connectivity index (χ3v) is 3.67. The molecule has 0 spiro atoms. The molecule has 0 atom stereocenters. The van der Waals surface area contributed by atoms with Crippen molar-refractivity contribution in [3.05, 3.63) is 54.7 Å². The molecule has 0 amide bonds. The summed E-state index contributed by atoms with van der Waals surface area (Å²) < 4.78 is 7.79. The van der Waals surface area contributed by atoms with Gasteiger partial charge >= 0.3 is 30.0 Å². The molecule has 0 fully saturated rings. The quantitative estimate of drug-likeness (QED) is 0.263. The Morgan fingerprint density at radius 3 is 2.78 bits per heavy atom. The van der Waals surface area contributed by atoms with E-state index in [0.29, 0.717) is 12.5 Å². The zero-order valence-electron chi connectivity index (χ0n) is 12.9. The number of rotatable bonds is 3. The van der Waals surface area contributed by atoms with Gasteiger partial charge in [-0.05, 0) is 17.9 Å². The Morgan fingerprint density at radius 2 is 1.96 bits per heavy atom. The molecule has 112 valence electrons. The Morgan fingerprint density at radius 1 is 1.17 bits per heavy atom. The van der Waals surface area contributed by atoms with E-state index >= 15 is 0 Å². The number of imidazole rings is 1. The van der Waals surface area contributed by atoms with Crippen molar-refractivity contribution in [1.82, 2.24) is 9.38 Å². The predicted octanol–water partition coefficient (Wildman–Crippen LogP) is 5.07. The van der Waals surface area contributed by atoms with Crippen LogP contribution in [0.15, 0.2) is 48.7 Å². The fourth-order valence-corrected chi connectivity index (χ4v) is 2.75. The molecule has 5 heteroatoms. The number of para-hydroxylation sites is 1. The molecule has 2 heterocycles. The van der Waals surface area contributed by atoms with Gasteiger partial charge in [-0.15, -0.1) is 29.7 Å². The van der Waals surface area contributed by atoms with Crippen LogP contribution in [0.4, 0.5) is 0 Å². The molecule has 4 rings (SSSR count). The molecule has 0 aliphatic heterocycles. The Balaban J connectivity index is 0.000000753. The van der Waals surface area contributed by atoms with Crippen molar-refractivity contribution in [2.75, 3.05) is 6.61 Å². The van der Waals surface area contributed by atoms with Crippen LogP contribution in [0.1, 0.15) is 13.3 Å². The first-order valence-corrected chi connectivity index (χ1v) is 14.4. The molecule has 0 aliphatic rings. The van der Waals surface area contributed by atoms with Crippen LogP contribution in [0, 0.1) is 6.07 Å². The summed E-state index contributed by atoms with van der Waals surface area (Å²) in [6.07, 6.45) is 2.94. The van der Waals surface area contributed by atoms with Crippen LogP contribution in [0.25, 0.3) is 27.3 Å². The number of pyridine rings is 1. The van der Waals surface area contributed by atoms with Crippen molar-refractivity contribution in [2.24, 2.45) is 0 Å². The van der Waals surface area contributed by atoms with Gasteiger partial charge in [-0.3, -0.25) is 0 Å². The minimum atomic E-state index is 0.673. The summed E-state index contributed by atoms with van der Waals surface area (Å²) in [4.78, 5) is 4.64. The number of halogens is 1. The summed E-state index contributed by atoms with van der Waals surface area (Å²) in [5.74, 6) is 0.673. The second kappa shape index (κ2) is 7.42. The number of hydrogen-bond acceptors (Lipinski definition) is 2. The van der Waals surface area contributed by atoms with Crippen molar-refractivity contribution < 1.29 is 21.1 Å². The van der Waals surface area contributed by atoms with Crippen molar-refractivity contribution in [3.8, 4) is 5.88 Å². The molecule has 2 aromatic heterocycles. The normalized spacial score (nSPS) is 10.8. The first kappa shape index (κ1) is 16.4. The zero-order valence-corrected chi connectivity index (χ0v) is 17.5. The molecular weight excluding hydrogens is 406 g/mol. The average Bonchev–Trinajstić information content (AvgIpc) is 3.06. The number of ether oxygens (including phenoxy) is 1. The monoisotopic (exact) mass is 418 g/mol. The summed E-state index contributed by atoms with van der Waals surface area (Å²) in [5, 5.41) is 3.41. The van der Waals surface area contributed by atoms with E-state index in [2.05, 4.69) is 60.3 Å². The maximum atomic E-state index is 5.69. The van der Waals surface area contributed by atoms with Crippen molar-refractivity contribution in [1.29, 1.82) is 0 Å². The topological polar surface area (TPSA) is 26.5 Å². The van der Waals surface area contributed by atoms with Crippen molar-refractivity contribution in [2.45, 2.75) is 13.3 Å². The fraction of sp³-hybridized carbons (Fsp3) is 0.167. The van der Waals surface area contributed by atoms with E-state index < -0.39 is 0 Å². The summed E-state index contributed by atoms with van der Waals surface area (Å²) in [6.45, 7) is 2.78. The van der Waals surface area contributed by atoms with Gasteiger partial charge in [0.25, 0.3) is 0 Å². The van der Waals surface area contributed by atoms with Gasteiger partial charge in [0.1, 0.15) is 0 Å². The molecule has 0 radical (unpaired) electrons. The standard InChI is InChI=1S/C18H15N2O.BrH.Zn/c1-2-11-21-17-12-20-16-10-6-5-8-14(16)13-7-3-4-9-15(13)18(20)19-17;;/h3-8,10,12H,2,11H2,1H3;1H;/q-1;;+2/p-1. The molecule has 0 N–H and O–H groups in total. The molecular formula is C18H15BrN2OZn. The van der Waals surface area contributed by atoms with Crippen LogP contribution < -0.4 is 4.74 Å². The van der Waals surface area contributed by atoms with Gasteiger partial charge in [-0.1, -0.05) is 30.5 Å². The van der Waals surface area contributed by atoms with Gasteiger partial charge in [0, 0.05) is 5.52 Å². The molecule has 23 heavy (non-hydrogen) atoms. The molecule has 4 aromatic rings. The van der Waals surface area contributed by atoms with Crippen molar-refractivity contribution in [3.63, 3.8) is 0 Å². The van der Waals surface area contributed by atoms with Gasteiger partial charge in [-0.25, -0.2) is 4.98 Å². The molecule has 0 bridgehead atoms. The first-order chi connectivity index (χ1) is 11.4. The van der Waals surface area contributed by atoms with Crippen LogP contribution in [-0.2, 0) is 16.3 Å². The van der Waals surface area contributed by atoms with Crippen LogP contribution in [-0.4, -0.2) is 16.0 Å². The van der Waals surface area contributed by atoms with E-state index in [0.717, 1.165) is 23.0 Å². The van der Waals surface area contributed by atoms with Crippen molar-refractivity contribution >= 4 is 40.9 Å². The number of hydrogen-bond donors (Lipinski definition) is 0. The van der Waals surface area contributed by atoms with Crippen LogP contribution >= 0.6 is 13.6 Å². The number of fused-ring (bicyclic) bond motifs is 6. The van der Waals surface area contributed by atoms with E-state index in [-0.39, 0.29) is 0 Å². The third kappa shape index (κ3) is 3.00. The zero-order chi connectivity index (χ0) is 16.2. The van der Waals surface area contributed by atoms with E-state index in [1.54, 1.807) is 0 Å². The Labute approximate surface area is 151 Å². The summed E-state index contributed by atoms with van der Waals surface area (Å²) in [5.41, 5.74) is 2.04. The third-order valence-electron chi connectivity index (χ3n) is 3.67. The Hall–Kier alpha value is -1.45. The Bertz CT molecular complexity index is 879. The number of benzene rings is 2. The van der Waals surface area contributed by atoms with Gasteiger partial charge in [0.05, 0.1) is 18.5 Å². The van der Waals surface area contributed by atoms with Crippen LogP contribution in [0.5, 0.6) is 5.88 Å². The second-order valence-electron chi connectivity index (χ2n) is 5.10. The van der Waals surface area contributed by atoms with Crippen LogP contribution in [0.3, 0.4) is 0 Å². The van der Waals surface area contributed by atoms with Gasteiger partial charge in [0.15, 0.2) is 0 Å². The van der Waals surface area contributed by atoms with Gasteiger partial charge in [-0.2, -0.15) is 0 Å². The average molecular weight is 421 g/mol. The van der Waals surface area contributed by atoms with Gasteiger partial charge in [0.2, 0.25) is 5.88 Å². The molecule has 0 saturated heterocycles. The maximum absolute atomic E-state index is 5.69. The Kier molecular flexibility index (Phi) is 5.29. The number of nitrogens with zero attached hydrogens (tertiary/aromatic N) is 2. The molecule has 0 aliphatic carbocycles. The summed E-state index contributed by atoms with van der Waals surface area (Å²) >= 11 is 4.25. The van der Waals surface area contributed by atoms with E-state index in [4.69, 9.17) is 4.74 Å². The molecule has 2 aromatic carbocycles. The minimum absolute atomic E-state index is 0.673. The summed E-state index contributed by atoms with van der Waals surface area (Å²) in [7, 11) is 0. The van der Waals surface area contributed by atoms with Crippen LogP contribution in [0.2, 0.25) is 0 Å². The fourth-order valence-electron chi connectivity index (χ4n) is 2.75. The van der Waals surface area contributed by atoms with E-state index in [9.17, 15) is 0 Å². The van der Waals surface area contributed by atoms with Gasteiger partial charge < -0.3 is 9.14 Å². The molecule has 0 unspecified atom stereocenters. The first-order valence-electron chi connectivity index (χ1n) is 7.48. The number of aromatic nitrogens is 2. The van der Waals surface area contributed by atoms with E-state index in [1.165, 1.54) is 27.1 Å². The molecule has 3 nitrogen and oxygen atoms in total. The predicted molar refractivity (Wildman–Crippen MR) is 93.8 cm³/mol. The molecule has 0 saturated carbocycles. The van der Waals surface area contributed by atoms with E-state index in [1.807, 2.05) is 24.4 Å². The second-order valence-corrected chi connectivity index (χ2v) is 5.10. The SMILES string of the molecule is CCCOc1cn2c3ccccc3c3ccc[c-]c3c2n1.[Zn+][Br].